The number of nitriles is 1. The number of nitrogen functional groups attached to an aromatic ring is 1. The summed E-state index contributed by atoms with van der Waals surface area (Å²) in [6.07, 6.45) is -4.53. The monoisotopic (exact) mass is 227 g/mol. The van der Waals surface area contributed by atoms with E-state index in [2.05, 4.69) is 5.32 Å². The standard InChI is InChI=1S/C10H11F2N3O/c11-10(12)9(16)5-15-7-1-2-8(14)6(3-7)4-13/h1-3,9-10,15-16H,5,14H2. The van der Waals surface area contributed by atoms with Gasteiger partial charge < -0.3 is 16.2 Å². The Bertz CT molecular complexity index is 404. The molecular formula is C10H11F2N3O. The summed E-state index contributed by atoms with van der Waals surface area (Å²) in [5.74, 6) is 0. The van der Waals surface area contributed by atoms with E-state index in [1.165, 1.54) is 12.1 Å². The van der Waals surface area contributed by atoms with Gasteiger partial charge in [0.15, 0.2) is 0 Å². The number of alkyl halides is 2. The average molecular weight is 227 g/mol. The number of nitrogens with one attached hydrogen (secondary N) is 1. The lowest BCUT2D eigenvalue weighted by atomic mass is 10.2. The summed E-state index contributed by atoms with van der Waals surface area (Å²) < 4.78 is 24.0. The summed E-state index contributed by atoms with van der Waals surface area (Å²) in [5, 5.41) is 20.1. The lowest BCUT2D eigenvalue weighted by Gasteiger charge is -2.12. The van der Waals surface area contributed by atoms with Crippen molar-refractivity contribution in [2.45, 2.75) is 12.5 Å². The summed E-state index contributed by atoms with van der Waals surface area (Å²) in [5.41, 5.74) is 6.53. The second kappa shape index (κ2) is 5.28. The van der Waals surface area contributed by atoms with E-state index >= 15 is 0 Å². The fraction of sp³-hybridized carbons (Fsp3) is 0.300. The number of anilines is 2. The fourth-order valence-corrected chi connectivity index (χ4v) is 1.07. The zero-order valence-electron chi connectivity index (χ0n) is 8.32. The minimum atomic E-state index is -2.79. The number of rotatable bonds is 4. The number of aliphatic hydroxyl groups excluding tert-OH is 1. The predicted molar refractivity (Wildman–Crippen MR) is 56.1 cm³/mol. The Balaban J connectivity index is 2.65. The molecule has 0 saturated heterocycles. The maximum Gasteiger partial charge on any atom is 0.265 e. The van der Waals surface area contributed by atoms with Crippen LogP contribution in [-0.4, -0.2) is 24.2 Å². The van der Waals surface area contributed by atoms with Gasteiger partial charge in [0.25, 0.3) is 6.43 Å². The molecule has 6 heteroatoms. The molecule has 0 bridgehead atoms. The van der Waals surface area contributed by atoms with Crippen molar-refractivity contribution in [1.82, 2.24) is 0 Å². The highest BCUT2D eigenvalue weighted by molar-refractivity contribution is 5.61. The first kappa shape index (κ1) is 12.2. The van der Waals surface area contributed by atoms with Crippen LogP contribution >= 0.6 is 0 Å². The van der Waals surface area contributed by atoms with Crippen LogP contribution in [0.15, 0.2) is 18.2 Å². The normalized spacial score (nSPS) is 12.2. The van der Waals surface area contributed by atoms with Crippen LogP contribution in [0, 0.1) is 11.3 Å². The molecule has 0 saturated carbocycles. The number of halogens is 2. The number of aliphatic hydroxyl groups is 1. The largest absolute Gasteiger partial charge is 0.398 e. The Morgan fingerprint density at radius 1 is 1.50 bits per heavy atom. The van der Waals surface area contributed by atoms with Gasteiger partial charge in [-0.25, -0.2) is 8.78 Å². The van der Waals surface area contributed by atoms with E-state index < -0.39 is 12.5 Å². The maximum atomic E-state index is 12.0. The number of hydrogen-bond donors (Lipinski definition) is 3. The predicted octanol–water partition coefficient (Wildman–Crippen LogP) is 1.18. The highest BCUT2D eigenvalue weighted by Gasteiger charge is 2.16. The Labute approximate surface area is 91.3 Å². The number of benzene rings is 1. The highest BCUT2D eigenvalue weighted by Crippen LogP contribution is 2.17. The molecule has 4 nitrogen and oxygen atoms in total. The van der Waals surface area contributed by atoms with Gasteiger partial charge in [0.05, 0.1) is 5.56 Å². The molecular weight excluding hydrogens is 216 g/mol. The quantitative estimate of drug-likeness (QED) is 0.674. The van der Waals surface area contributed by atoms with Gasteiger partial charge in [0, 0.05) is 17.9 Å². The average Bonchev–Trinajstić information content (AvgIpc) is 2.27. The topological polar surface area (TPSA) is 82.1 Å². The van der Waals surface area contributed by atoms with E-state index in [1.54, 1.807) is 6.07 Å². The molecule has 0 radical (unpaired) electrons. The van der Waals surface area contributed by atoms with Crippen LogP contribution in [0.4, 0.5) is 20.2 Å². The van der Waals surface area contributed by atoms with Crippen LogP contribution in [0.5, 0.6) is 0 Å². The molecule has 1 atom stereocenters. The van der Waals surface area contributed by atoms with Gasteiger partial charge in [-0.3, -0.25) is 0 Å². The van der Waals surface area contributed by atoms with Crippen molar-refractivity contribution < 1.29 is 13.9 Å². The van der Waals surface area contributed by atoms with Crippen molar-refractivity contribution in [2.24, 2.45) is 0 Å². The smallest absolute Gasteiger partial charge is 0.265 e. The van der Waals surface area contributed by atoms with E-state index in [0.717, 1.165) is 0 Å². The molecule has 1 unspecified atom stereocenters. The minimum Gasteiger partial charge on any atom is -0.398 e. The molecule has 1 aromatic rings. The van der Waals surface area contributed by atoms with E-state index in [1.807, 2.05) is 6.07 Å². The third kappa shape index (κ3) is 3.07. The van der Waals surface area contributed by atoms with Crippen molar-refractivity contribution >= 4 is 11.4 Å². The Morgan fingerprint density at radius 3 is 2.75 bits per heavy atom. The Hall–Kier alpha value is -1.87. The molecule has 4 N–H and O–H groups in total. The molecule has 1 aromatic carbocycles. The van der Waals surface area contributed by atoms with Crippen LogP contribution in [0.2, 0.25) is 0 Å². The fourth-order valence-electron chi connectivity index (χ4n) is 1.07. The third-order valence-corrected chi connectivity index (χ3v) is 1.98. The third-order valence-electron chi connectivity index (χ3n) is 1.98. The first-order valence-corrected chi connectivity index (χ1v) is 4.54. The second-order valence-electron chi connectivity index (χ2n) is 3.20. The molecule has 0 heterocycles. The number of nitrogens with two attached hydrogens (primary N) is 1. The molecule has 0 spiro atoms. The van der Waals surface area contributed by atoms with Crippen LogP contribution < -0.4 is 11.1 Å². The second-order valence-corrected chi connectivity index (χ2v) is 3.20. The Kier molecular flexibility index (Phi) is 4.03. The van der Waals surface area contributed by atoms with Crippen molar-refractivity contribution in [2.75, 3.05) is 17.6 Å². The van der Waals surface area contributed by atoms with Gasteiger partial charge in [-0.2, -0.15) is 5.26 Å². The van der Waals surface area contributed by atoms with Crippen LogP contribution in [0.3, 0.4) is 0 Å². The molecule has 0 aromatic heterocycles. The summed E-state index contributed by atoms with van der Waals surface area (Å²) >= 11 is 0. The molecule has 86 valence electrons. The SMILES string of the molecule is N#Cc1cc(NCC(O)C(F)F)ccc1N. The van der Waals surface area contributed by atoms with E-state index in [4.69, 9.17) is 16.1 Å². The van der Waals surface area contributed by atoms with Crippen molar-refractivity contribution in [1.29, 1.82) is 5.26 Å². The zero-order valence-corrected chi connectivity index (χ0v) is 8.32. The van der Waals surface area contributed by atoms with Gasteiger partial charge >= 0.3 is 0 Å². The first-order chi connectivity index (χ1) is 7.54. The number of hydrogen-bond acceptors (Lipinski definition) is 4. The maximum absolute atomic E-state index is 12.0. The lowest BCUT2D eigenvalue weighted by molar-refractivity contribution is 0.00384. The van der Waals surface area contributed by atoms with Crippen LogP contribution in [-0.2, 0) is 0 Å². The summed E-state index contributed by atoms with van der Waals surface area (Å²) in [6, 6.07) is 6.35. The van der Waals surface area contributed by atoms with Gasteiger partial charge in [0.1, 0.15) is 12.2 Å². The van der Waals surface area contributed by atoms with Crippen LogP contribution in [0.25, 0.3) is 0 Å². The molecule has 0 amide bonds. The molecule has 0 fully saturated rings. The van der Waals surface area contributed by atoms with Crippen LogP contribution in [0.1, 0.15) is 5.56 Å². The molecule has 0 aliphatic carbocycles. The highest BCUT2D eigenvalue weighted by atomic mass is 19.3. The van der Waals surface area contributed by atoms with Gasteiger partial charge in [-0.1, -0.05) is 0 Å². The molecule has 0 aliphatic rings. The molecule has 0 aliphatic heterocycles. The van der Waals surface area contributed by atoms with Gasteiger partial charge in [-0.05, 0) is 18.2 Å². The minimum absolute atomic E-state index is 0.261. The van der Waals surface area contributed by atoms with E-state index in [0.29, 0.717) is 11.4 Å². The van der Waals surface area contributed by atoms with Gasteiger partial charge in [-0.15, -0.1) is 0 Å². The Morgan fingerprint density at radius 2 is 2.19 bits per heavy atom. The molecule has 16 heavy (non-hydrogen) atoms. The zero-order chi connectivity index (χ0) is 12.1. The number of nitrogens with zero attached hydrogens (tertiary/aromatic N) is 1. The van der Waals surface area contributed by atoms with Crippen molar-refractivity contribution in [3.8, 4) is 6.07 Å². The van der Waals surface area contributed by atoms with Crippen molar-refractivity contribution in [3.05, 3.63) is 23.8 Å². The summed E-state index contributed by atoms with van der Waals surface area (Å²) in [6.45, 7) is -0.285. The summed E-state index contributed by atoms with van der Waals surface area (Å²) in [7, 11) is 0. The van der Waals surface area contributed by atoms with Crippen molar-refractivity contribution in [3.63, 3.8) is 0 Å². The summed E-state index contributed by atoms with van der Waals surface area (Å²) in [4.78, 5) is 0. The van der Waals surface area contributed by atoms with Gasteiger partial charge in [0.2, 0.25) is 0 Å². The first-order valence-electron chi connectivity index (χ1n) is 4.54. The molecule has 1 rings (SSSR count). The van der Waals surface area contributed by atoms with E-state index in [-0.39, 0.29) is 12.1 Å². The van der Waals surface area contributed by atoms with E-state index in [9.17, 15) is 8.78 Å². The lowest BCUT2D eigenvalue weighted by Crippen LogP contribution is -2.26.